The molecule has 0 radical (unpaired) electrons. The summed E-state index contributed by atoms with van der Waals surface area (Å²) < 4.78 is 17.6. The summed E-state index contributed by atoms with van der Waals surface area (Å²) in [6.45, 7) is 11.6. The zero-order valence-corrected chi connectivity index (χ0v) is 43.6. The minimum Gasteiger partial charge on any atom is -0.462 e. The van der Waals surface area contributed by atoms with Crippen molar-refractivity contribution in [2.75, 3.05) is 46.4 Å². The van der Waals surface area contributed by atoms with Crippen LogP contribution in [0.15, 0.2) is 0 Å². The number of unbranched alkanes of at least 4 members (excludes halogenated alkanes) is 26. The predicted octanol–water partition coefficient (Wildman–Crippen LogP) is 13.8. The zero-order chi connectivity index (χ0) is 47.9. The quantitative estimate of drug-likeness (QED) is 0.0348. The number of aliphatic hydroxyl groups is 2. The number of carbonyl (C=O) groups excluding carboxylic acids is 3. The fraction of sp³-hybridized carbons (Fsp3) is 0.945. The highest BCUT2D eigenvalue weighted by Crippen LogP contribution is 2.19. The van der Waals surface area contributed by atoms with Crippen molar-refractivity contribution in [3.05, 3.63) is 0 Å². The predicted molar refractivity (Wildman–Crippen MR) is 271 cm³/mol. The van der Waals surface area contributed by atoms with Crippen LogP contribution < -0.4 is 0 Å². The summed E-state index contributed by atoms with van der Waals surface area (Å²) in [4.78, 5) is 42.9. The lowest BCUT2D eigenvalue weighted by molar-refractivity contribution is -0.165. The lowest BCUT2D eigenvalue weighted by Gasteiger charge is -2.25. The number of likely N-dealkylation sites (N-methyl/N-ethyl adjacent to an activating group) is 1. The molecule has 0 aromatic heterocycles. The molecule has 0 aliphatic rings. The lowest BCUT2D eigenvalue weighted by atomic mass is 10.0. The Morgan fingerprint density at radius 3 is 1.26 bits per heavy atom. The summed E-state index contributed by atoms with van der Waals surface area (Å²) in [5, 5.41) is 20.1. The van der Waals surface area contributed by atoms with E-state index in [0.717, 1.165) is 96.6 Å². The first kappa shape index (κ1) is 63.2. The third-order valence-corrected chi connectivity index (χ3v) is 12.8. The van der Waals surface area contributed by atoms with Crippen molar-refractivity contribution in [1.82, 2.24) is 9.80 Å². The van der Waals surface area contributed by atoms with E-state index in [4.69, 9.17) is 14.2 Å². The minimum atomic E-state index is -0.959. The molecule has 0 saturated heterocycles. The second-order valence-electron chi connectivity index (χ2n) is 19.4. The van der Waals surface area contributed by atoms with Gasteiger partial charge in [0.2, 0.25) is 5.91 Å². The highest BCUT2D eigenvalue weighted by atomic mass is 16.6. The number of carbonyl (C=O) groups is 3. The fourth-order valence-corrected chi connectivity index (χ4v) is 8.62. The zero-order valence-electron chi connectivity index (χ0n) is 43.6. The van der Waals surface area contributed by atoms with Gasteiger partial charge in [-0.3, -0.25) is 14.4 Å². The molecular weight excluding hydrogens is 817 g/mol. The third kappa shape index (κ3) is 43.3. The van der Waals surface area contributed by atoms with E-state index in [0.29, 0.717) is 44.7 Å². The summed E-state index contributed by atoms with van der Waals surface area (Å²) in [7, 11) is 1.86. The summed E-state index contributed by atoms with van der Waals surface area (Å²) >= 11 is 0. The molecule has 0 rings (SSSR count). The number of hydrogen-bond acceptors (Lipinski definition) is 9. The van der Waals surface area contributed by atoms with Crippen molar-refractivity contribution < 1.29 is 38.8 Å². The number of hydrogen-bond donors (Lipinski definition) is 2. The van der Waals surface area contributed by atoms with Gasteiger partial charge < -0.3 is 34.2 Å². The molecule has 0 bridgehead atoms. The monoisotopic (exact) mass is 925 g/mol. The maximum Gasteiger partial charge on any atom is 0.306 e. The van der Waals surface area contributed by atoms with E-state index in [1.807, 2.05) is 11.9 Å². The number of amides is 1. The topological polar surface area (TPSA) is 126 Å². The molecule has 0 fully saturated rings. The molecule has 2 unspecified atom stereocenters. The standard InChI is InChI=1S/C55H108N2O8/c1-6-10-14-18-22-30-38-50(39-31-23-19-15-11-7-2)64-54(61)42-34-26-27-35-43-55(62)65-51(48-56(5)46-47-58)49-63-53(60)41-33-25-24-32-40-52(59)57(44-36-28-20-16-12-8-3)45-37-29-21-17-13-9-4/h50-51,53,58,60H,6-49H2,1-5H3. The van der Waals surface area contributed by atoms with Gasteiger partial charge in [-0.15, -0.1) is 0 Å². The van der Waals surface area contributed by atoms with Gasteiger partial charge in [-0.2, -0.15) is 0 Å². The van der Waals surface area contributed by atoms with Crippen LogP contribution in [-0.2, 0) is 28.6 Å². The summed E-state index contributed by atoms with van der Waals surface area (Å²) in [5.74, 6) is -0.0980. The van der Waals surface area contributed by atoms with E-state index in [1.165, 1.54) is 128 Å². The average Bonchev–Trinajstić information content (AvgIpc) is 3.28. The first-order valence-corrected chi connectivity index (χ1v) is 28.0. The number of esters is 2. The van der Waals surface area contributed by atoms with E-state index in [9.17, 15) is 24.6 Å². The van der Waals surface area contributed by atoms with Crippen molar-refractivity contribution in [1.29, 1.82) is 0 Å². The van der Waals surface area contributed by atoms with Crippen molar-refractivity contribution in [3.63, 3.8) is 0 Å². The highest BCUT2D eigenvalue weighted by molar-refractivity contribution is 5.76. The van der Waals surface area contributed by atoms with Crippen LogP contribution in [-0.4, -0.2) is 103 Å². The van der Waals surface area contributed by atoms with Crippen LogP contribution in [0.5, 0.6) is 0 Å². The molecule has 65 heavy (non-hydrogen) atoms. The summed E-state index contributed by atoms with van der Waals surface area (Å²) in [5.41, 5.74) is 0. The van der Waals surface area contributed by atoms with Crippen molar-refractivity contribution in [2.24, 2.45) is 0 Å². The van der Waals surface area contributed by atoms with Crippen LogP contribution in [0.3, 0.4) is 0 Å². The van der Waals surface area contributed by atoms with Gasteiger partial charge in [0.05, 0.1) is 13.2 Å². The number of rotatable bonds is 51. The molecule has 2 atom stereocenters. The molecule has 0 spiro atoms. The molecule has 10 heteroatoms. The van der Waals surface area contributed by atoms with Crippen LogP contribution in [0, 0.1) is 0 Å². The smallest absolute Gasteiger partial charge is 0.306 e. The Morgan fingerprint density at radius 2 is 0.815 bits per heavy atom. The van der Waals surface area contributed by atoms with Crippen molar-refractivity contribution in [3.8, 4) is 0 Å². The van der Waals surface area contributed by atoms with E-state index in [1.54, 1.807) is 0 Å². The molecule has 1 amide bonds. The molecule has 0 heterocycles. The Morgan fingerprint density at radius 1 is 0.446 bits per heavy atom. The van der Waals surface area contributed by atoms with Gasteiger partial charge in [0.25, 0.3) is 0 Å². The van der Waals surface area contributed by atoms with Crippen LogP contribution in [0.1, 0.15) is 272 Å². The molecule has 0 aliphatic heterocycles. The Kier molecular flexibility index (Phi) is 47.4. The Bertz CT molecular complexity index is 1010. The SMILES string of the molecule is CCCCCCCCC(CCCCCCCC)OC(=O)CCCCCCC(=O)OC(COC(O)CCCCCCC(=O)N(CCCCCCCC)CCCCCCCC)CN(C)CCO. The lowest BCUT2D eigenvalue weighted by Crippen LogP contribution is -2.38. The maximum absolute atomic E-state index is 13.2. The number of ether oxygens (including phenoxy) is 3. The molecule has 0 aromatic rings. The van der Waals surface area contributed by atoms with Gasteiger partial charge in [-0.05, 0) is 77.7 Å². The van der Waals surface area contributed by atoms with Crippen LogP contribution in [0.4, 0.5) is 0 Å². The van der Waals surface area contributed by atoms with E-state index >= 15 is 0 Å². The van der Waals surface area contributed by atoms with Crippen molar-refractivity contribution >= 4 is 17.8 Å². The minimum absolute atomic E-state index is 0.00498. The molecule has 0 aliphatic carbocycles. The normalized spacial score (nSPS) is 12.6. The summed E-state index contributed by atoms with van der Waals surface area (Å²) in [6.07, 6.45) is 38.6. The number of aliphatic hydroxyl groups excluding tert-OH is 2. The van der Waals surface area contributed by atoms with Gasteiger partial charge in [0, 0.05) is 45.4 Å². The van der Waals surface area contributed by atoms with Gasteiger partial charge in [-0.25, -0.2) is 0 Å². The Balaban J connectivity index is 4.59. The molecule has 0 aromatic carbocycles. The van der Waals surface area contributed by atoms with E-state index in [-0.39, 0.29) is 37.7 Å². The molecule has 10 nitrogen and oxygen atoms in total. The molecule has 386 valence electrons. The second-order valence-corrected chi connectivity index (χ2v) is 19.4. The molecule has 0 saturated carbocycles. The second kappa shape index (κ2) is 48.7. The van der Waals surface area contributed by atoms with Gasteiger partial charge in [0.1, 0.15) is 12.2 Å². The molecule has 2 N–H and O–H groups in total. The van der Waals surface area contributed by atoms with Crippen LogP contribution in [0.2, 0.25) is 0 Å². The first-order valence-electron chi connectivity index (χ1n) is 28.0. The first-order chi connectivity index (χ1) is 31.7. The fourth-order valence-electron chi connectivity index (χ4n) is 8.62. The largest absolute Gasteiger partial charge is 0.462 e. The Labute approximate surface area is 401 Å². The van der Waals surface area contributed by atoms with Crippen LogP contribution in [0.25, 0.3) is 0 Å². The van der Waals surface area contributed by atoms with Gasteiger partial charge >= 0.3 is 11.9 Å². The summed E-state index contributed by atoms with van der Waals surface area (Å²) in [6, 6.07) is 0. The molecular formula is C55H108N2O8. The average molecular weight is 925 g/mol. The highest BCUT2D eigenvalue weighted by Gasteiger charge is 2.20. The Hall–Kier alpha value is -1.75. The van der Waals surface area contributed by atoms with Crippen LogP contribution >= 0.6 is 0 Å². The number of nitrogens with zero attached hydrogens (tertiary/aromatic N) is 2. The van der Waals surface area contributed by atoms with Gasteiger partial charge in [0.15, 0.2) is 6.29 Å². The third-order valence-electron chi connectivity index (χ3n) is 12.8. The maximum atomic E-state index is 13.2. The van der Waals surface area contributed by atoms with Crippen molar-refractivity contribution in [2.45, 2.75) is 290 Å². The van der Waals surface area contributed by atoms with E-state index < -0.39 is 12.4 Å². The van der Waals surface area contributed by atoms with E-state index in [2.05, 4.69) is 32.6 Å². The van der Waals surface area contributed by atoms with Gasteiger partial charge in [-0.1, -0.05) is 182 Å².